The van der Waals surface area contributed by atoms with Crippen molar-refractivity contribution < 1.29 is 20.1 Å². The number of aromatic nitrogens is 1. The average Bonchev–Trinajstić information content (AvgIpc) is 2.60. The molecule has 26 heavy (non-hydrogen) atoms. The van der Waals surface area contributed by atoms with E-state index < -0.39 is 16.9 Å². The number of aryl methyl sites for hydroxylation is 1. The molecule has 0 saturated carbocycles. The maximum atomic E-state index is 12.6. The Kier molecular flexibility index (Phi) is 5.84. The fourth-order valence-corrected chi connectivity index (χ4v) is 2.91. The zero-order valence-electron chi connectivity index (χ0n) is 15.1. The summed E-state index contributed by atoms with van der Waals surface area (Å²) in [5.41, 5.74) is -0.752. The van der Waals surface area contributed by atoms with Crippen molar-refractivity contribution in [3.63, 3.8) is 0 Å². The van der Waals surface area contributed by atoms with Gasteiger partial charge < -0.3 is 25.2 Å². The lowest BCUT2D eigenvalue weighted by molar-refractivity contribution is 0.104. The lowest BCUT2D eigenvalue weighted by Gasteiger charge is -2.29. The second-order valence-corrected chi connectivity index (χ2v) is 6.61. The molecule has 1 unspecified atom stereocenters. The summed E-state index contributed by atoms with van der Waals surface area (Å²) in [6.45, 7) is 2.95. The van der Waals surface area contributed by atoms with Crippen molar-refractivity contribution in [3.05, 3.63) is 52.0 Å². The smallest absolute Gasteiger partial charge is 0.265 e. The monoisotopic (exact) mass is 360 g/mol. The zero-order valence-corrected chi connectivity index (χ0v) is 15.1. The maximum absolute atomic E-state index is 12.6. The highest BCUT2D eigenvalue weighted by Crippen LogP contribution is 2.26. The van der Waals surface area contributed by atoms with Crippen LogP contribution in [-0.2, 0) is 7.05 Å². The van der Waals surface area contributed by atoms with Crippen LogP contribution in [0.1, 0.15) is 30.6 Å². The van der Waals surface area contributed by atoms with Crippen molar-refractivity contribution in [1.29, 1.82) is 0 Å². The van der Waals surface area contributed by atoms with E-state index in [1.54, 1.807) is 45.2 Å². The number of para-hydroxylation sites is 1. The molecular formula is C19H24N2O5. The van der Waals surface area contributed by atoms with Crippen molar-refractivity contribution in [2.75, 3.05) is 13.2 Å². The van der Waals surface area contributed by atoms with Gasteiger partial charge in [-0.3, -0.25) is 9.59 Å². The minimum Gasteiger partial charge on any atom is -0.506 e. The van der Waals surface area contributed by atoms with Gasteiger partial charge in [0.2, 0.25) is 0 Å². The second-order valence-electron chi connectivity index (χ2n) is 6.61. The molecule has 0 aliphatic carbocycles. The summed E-state index contributed by atoms with van der Waals surface area (Å²) in [5.74, 6) is -0.985. The van der Waals surface area contributed by atoms with Crippen LogP contribution in [0.4, 0.5) is 0 Å². The van der Waals surface area contributed by atoms with Crippen LogP contribution < -0.4 is 10.9 Å². The van der Waals surface area contributed by atoms with E-state index in [1.807, 2.05) is 0 Å². The van der Waals surface area contributed by atoms with E-state index in [0.717, 1.165) is 0 Å². The van der Waals surface area contributed by atoms with E-state index in [0.29, 0.717) is 16.6 Å². The number of ketones is 1. The van der Waals surface area contributed by atoms with Crippen molar-refractivity contribution in [2.45, 2.75) is 25.8 Å². The Labute approximate surface area is 151 Å². The zero-order chi connectivity index (χ0) is 19.5. The van der Waals surface area contributed by atoms with Crippen LogP contribution in [0.2, 0.25) is 0 Å². The van der Waals surface area contributed by atoms with Crippen LogP contribution in [-0.4, -0.2) is 44.4 Å². The van der Waals surface area contributed by atoms with E-state index in [-0.39, 0.29) is 30.9 Å². The van der Waals surface area contributed by atoms with Gasteiger partial charge in [-0.2, -0.15) is 0 Å². The number of fused-ring (bicyclic) bond motifs is 1. The number of aliphatic hydroxyl groups is 2. The highest BCUT2D eigenvalue weighted by Gasteiger charge is 2.24. The van der Waals surface area contributed by atoms with Gasteiger partial charge in [0.15, 0.2) is 5.78 Å². The molecule has 1 aromatic heterocycles. The minimum absolute atomic E-state index is 0.128. The number of carbonyl (C=O) groups is 1. The second kappa shape index (κ2) is 7.72. The molecule has 1 heterocycles. The molecule has 7 heteroatoms. The lowest BCUT2D eigenvalue weighted by Crippen LogP contribution is -2.45. The molecule has 1 atom stereocenters. The number of nitrogens with zero attached hydrogens (tertiary/aromatic N) is 1. The third-order valence-corrected chi connectivity index (χ3v) is 4.38. The maximum Gasteiger partial charge on any atom is 0.265 e. The Hall–Kier alpha value is -2.64. The Morgan fingerprint density at radius 2 is 1.96 bits per heavy atom. The first kappa shape index (κ1) is 19.7. The standard InChI is InChI=1S/C19H24N2O5/c1-12(20-19(2,11-23)8-9-22)10-15(24)16-17(25)13-6-4-5-7-14(13)21(3)18(16)26/h4-7,10,20,22-23,25H,8-9,11H2,1-3H3/b12-10+. The van der Waals surface area contributed by atoms with Gasteiger partial charge in [0, 0.05) is 30.8 Å². The summed E-state index contributed by atoms with van der Waals surface area (Å²) in [7, 11) is 1.54. The van der Waals surface area contributed by atoms with Crippen molar-refractivity contribution in [2.24, 2.45) is 7.05 Å². The molecule has 140 valence electrons. The number of rotatable bonds is 7. The molecule has 0 radical (unpaired) electrons. The Morgan fingerprint density at radius 3 is 2.58 bits per heavy atom. The first-order valence-corrected chi connectivity index (χ1v) is 8.27. The van der Waals surface area contributed by atoms with E-state index in [4.69, 9.17) is 5.11 Å². The third kappa shape index (κ3) is 3.79. The van der Waals surface area contributed by atoms with Crippen LogP contribution in [0.5, 0.6) is 5.75 Å². The summed E-state index contributed by atoms with van der Waals surface area (Å²) in [6, 6.07) is 6.79. The molecule has 0 aliphatic heterocycles. The molecule has 1 aromatic carbocycles. The van der Waals surface area contributed by atoms with Crippen LogP contribution in [0.25, 0.3) is 10.9 Å². The fourth-order valence-electron chi connectivity index (χ4n) is 2.91. The van der Waals surface area contributed by atoms with E-state index in [9.17, 15) is 19.8 Å². The number of aromatic hydroxyl groups is 1. The summed E-state index contributed by atoms with van der Waals surface area (Å²) in [5, 5.41) is 32.4. The first-order chi connectivity index (χ1) is 12.2. The molecule has 4 N–H and O–H groups in total. The normalized spacial score (nSPS) is 14.3. The highest BCUT2D eigenvalue weighted by molar-refractivity contribution is 6.09. The minimum atomic E-state index is -0.800. The predicted molar refractivity (Wildman–Crippen MR) is 99.3 cm³/mol. The van der Waals surface area contributed by atoms with E-state index in [2.05, 4.69) is 5.32 Å². The first-order valence-electron chi connectivity index (χ1n) is 8.27. The highest BCUT2D eigenvalue weighted by atomic mass is 16.3. The number of hydrogen-bond donors (Lipinski definition) is 4. The van der Waals surface area contributed by atoms with Crippen LogP contribution in [0, 0.1) is 0 Å². The lowest BCUT2D eigenvalue weighted by atomic mass is 9.98. The van der Waals surface area contributed by atoms with E-state index in [1.165, 1.54) is 10.6 Å². The Bertz CT molecular complexity index is 916. The number of allylic oxidation sites excluding steroid dienone is 2. The van der Waals surface area contributed by atoms with Gasteiger partial charge >= 0.3 is 0 Å². The number of aliphatic hydroxyl groups excluding tert-OH is 2. The molecule has 0 saturated heterocycles. The summed E-state index contributed by atoms with van der Waals surface area (Å²) in [6.07, 6.45) is 1.49. The van der Waals surface area contributed by atoms with Crippen LogP contribution in [0.3, 0.4) is 0 Å². The van der Waals surface area contributed by atoms with Crippen molar-refractivity contribution in [1.82, 2.24) is 9.88 Å². The summed E-state index contributed by atoms with van der Waals surface area (Å²) >= 11 is 0. The number of carbonyl (C=O) groups excluding carboxylic acids is 1. The molecule has 0 fully saturated rings. The van der Waals surface area contributed by atoms with Gasteiger partial charge in [0.1, 0.15) is 11.3 Å². The average molecular weight is 360 g/mol. The van der Waals surface area contributed by atoms with Gasteiger partial charge in [-0.15, -0.1) is 0 Å². The fraction of sp³-hybridized carbons (Fsp3) is 0.368. The van der Waals surface area contributed by atoms with Gasteiger partial charge in [-0.1, -0.05) is 12.1 Å². The molecule has 0 amide bonds. The number of pyridine rings is 1. The Balaban J connectivity index is 2.46. The molecular weight excluding hydrogens is 336 g/mol. The number of benzene rings is 1. The van der Waals surface area contributed by atoms with Crippen LogP contribution in [0.15, 0.2) is 40.8 Å². The summed E-state index contributed by atoms with van der Waals surface area (Å²) in [4.78, 5) is 25.2. The van der Waals surface area contributed by atoms with E-state index >= 15 is 0 Å². The molecule has 2 aromatic rings. The number of nitrogens with one attached hydrogen (secondary N) is 1. The van der Waals surface area contributed by atoms with Crippen molar-refractivity contribution >= 4 is 16.7 Å². The van der Waals surface area contributed by atoms with Gasteiger partial charge in [0.05, 0.1) is 17.7 Å². The molecule has 0 aliphatic rings. The topological polar surface area (TPSA) is 112 Å². The van der Waals surface area contributed by atoms with Gasteiger partial charge in [-0.05, 0) is 32.4 Å². The van der Waals surface area contributed by atoms with Gasteiger partial charge in [-0.25, -0.2) is 0 Å². The molecule has 7 nitrogen and oxygen atoms in total. The molecule has 2 rings (SSSR count). The Morgan fingerprint density at radius 1 is 1.31 bits per heavy atom. The quantitative estimate of drug-likeness (QED) is 0.434. The molecule has 0 bridgehead atoms. The predicted octanol–water partition coefficient (Wildman–Crippen LogP) is 1.05. The van der Waals surface area contributed by atoms with Crippen LogP contribution >= 0.6 is 0 Å². The third-order valence-electron chi connectivity index (χ3n) is 4.38. The van der Waals surface area contributed by atoms with Gasteiger partial charge in [0.25, 0.3) is 5.56 Å². The number of hydrogen-bond acceptors (Lipinski definition) is 6. The SMILES string of the molecule is C/C(=C\C(=O)c1c(O)c2ccccc2n(C)c1=O)NC(C)(CO)CCO. The largest absolute Gasteiger partial charge is 0.506 e. The van der Waals surface area contributed by atoms with Crippen molar-refractivity contribution in [3.8, 4) is 5.75 Å². The molecule has 0 spiro atoms. The summed E-state index contributed by atoms with van der Waals surface area (Å²) < 4.78 is 1.32.